The first-order chi connectivity index (χ1) is 10.4. The molecular formula is C19H22O3. The number of hydrogen-bond acceptors (Lipinski definition) is 2. The molecule has 0 saturated carbocycles. The van der Waals surface area contributed by atoms with Gasteiger partial charge in [0.1, 0.15) is 12.4 Å². The minimum atomic E-state index is -0.817. The summed E-state index contributed by atoms with van der Waals surface area (Å²) in [6, 6.07) is 15.6. The van der Waals surface area contributed by atoms with Crippen molar-refractivity contribution in [2.75, 3.05) is 0 Å². The summed E-state index contributed by atoms with van der Waals surface area (Å²) in [5.74, 6) is 0.0766. The normalized spacial score (nSPS) is 11.2. The van der Waals surface area contributed by atoms with E-state index in [1.807, 2.05) is 42.5 Å². The Balaban J connectivity index is 2.06. The molecule has 0 fully saturated rings. The summed E-state index contributed by atoms with van der Waals surface area (Å²) in [5.41, 5.74) is 3.03. The van der Waals surface area contributed by atoms with Crippen molar-refractivity contribution in [1.29, 1.82) is 0 Å². The summed E-state index contributed by atoms with van der Waals surface area (Å²) in [7, 11) is 0. The number of hydrogen-bond donors (Lipinski definition) is 1. The second kappa shape index (κ2) is 6.65. The first-order valence-electron chi connectivity index (χ1n) is 7.38. The van der Waals surface area contributed by atoms with Gasteiger partial charge in [-0.05, 0) is 28.2 Å². The Morgan fingerprint density at radius 2 is 1.59 bits per heavy atom. The summed E-state index contributed by atoms with van der Waals surface area (Å²) >= 11 is 0. The molecule has 0 radical (unpaired) electrons. The fourth-order valence-corrected chi connectivity index (χ4v) is 2.30. The smallest absolute Gasteiger partial charge is 0.307 e. The van der Waals surface area contributed by atoms with Gasteiger partial charge in [-0.25, -0.2) is 0 Å². The average molecular weight is 298 g/mol. The molecule has 3 heteroatoms. The molecule has 0 aliphatic carbocycles. The fourth-order valence-electron chi connectivity index (χ4n) is 2.30. The molecule has 1 N–H and O–H groups in total. The maximum Gasteiger partial charge on any atom is 0.307 e. The Kier molecular flexibility index (Phi) is 4.86. The molecule has 2 aromatic carbocycles. The molecule has 3 nitrogen and oxygen atoms in total. The third-order valence-corrected chi connectivity index (χ3v) is 3.47. The summed E-state index contributed by atoms with van der Waals surface area (Å²) < 4.78 is 5.95. The lowest BCUT2D eigenvalue weighted by Crippen LogP contribution is -2.13. The molecule has 0 aliphatic heterocycles. The van der Waals surface area contributed by atoms with Gasteiger partial charge >= 0.3 is 5.97 Å². The number of para-hydroxylation sites is 1. The van der Waals surface area contributed by atoms with Crippen molar-refractivity contribution >= 4 is 5.97 Å². The van der Waals surface area contributed by atoms with Crippen LogP contribution in [0.5, 0.6) is 5.75 Å². The van der Waals surface area contributed by atoms with Gasteiger partial charge in [0.2, 0.25) is 0 Å². The molecule has 116 valence electrons. The van der Waals surface area contributed by atoms with E-state index in [0.717, 1.165) is 16.9 Å². The molecule has 0 amide bonds. The molecule has 0 saturated heterocycles. The Morgan fingerprint density at radius 3 is 2.18 bits per heavy atom. The van der Waals surface area contributed by atoms with Gasteiger partial charge in [-0.2, -0.15) is 0 Å². The molecule has 0 heterocycles. The molecule has 0 bridgehead atoms. The Morgan fingerprint density at radius 1 is 1.00 bits per heavy atom. The molecule has 2 aromatic rings. The van der Waals surface area contributed by atoms with E-state index in [-0.39, 0.29) is 11.8 Å². The van der Waals surface area contributed by atoms with Crippen LogP contribution in [-0.2, 0) is 23.2 Å². The van der Waals surface area contributed by atoms with E-state index in [1.54, 1.807) is 0 Å². The van der Waals surface area contributed by atoms with E-state index in [9.17, 15) is 4.79 Å². The molecule has 0 aliphatic rings. The summed E-state index contributed by atoms with van der Waals surface area (Å²) in [6.45, 7) is 6.96. The van der Waals surface area contributed by atoms with Crippen LogP contribution in [0.15, 0.2) is 48.5 Å². The minimum Gasteiger partial charge on any atom is -0.489 e. The van der Waals surface area contributed by atoms with Gasteiger partial charge in [-0.1, -0.05) is 63.2 Å². The van der Waals surface area contributed by atoms with E-state index in [2.05, 4.69) is 26.8 Å². The van der Waals surface area contributed by atoms with Crippen molar-refractivity contribution in [3.8, 4) is 5.75 Å². The molecule has 0 aromatic heterocycles. The summed E-state index contributed by atoms with van der Waals surface area (Å²) in [4.78, 5) is 10.7. The molecule has 0 spiro atoms. The van der Waals surface area contributed by atoms with E-state index < -0.39 is 5.97 Å². The van der Waals surface area contributed by atoms with Crippen LogP contribution < -0.4 is 4.74 Å². The maximum absolute atomic E-state index is 10.7. The van der Waals surface area contributed by atoms with Crippen LogP contribution in [0, 0.1) is 0 Å². The number of carboxylic acid groups (broad SMARTS) is 1. The first kappa shape index (κ1) is 16.1. The third kappa shape index (κ3) is 4.35. The van der Waals surface area contributed by atoms with Crippen LogP contribution in [0.4, 0.5) is 0 Å². The van der Waals surface area contributed by atoms with Gasteiger partial charge in [-0.3, -0.25) is 4.79 Å². The molecule has 22 heavy (non-hydrogen) atoms. The predicted octanol–water partition coefficient (Wildman–Crippen LogP) is 4.19. The van der Waals surface area contributed by atoms with Crippen LogP contribution in [0.3, 0.4) is 0 Å². The summed E-state index contributed by atoms with van der Waals surface area (Å²) in [5, 5.41) is 8.77. The largest absolute Gasteiger partial charge is 0.489 e. The molecular weight excluding hydrogens is 276 g/mol. The fraction of sp³-hybridized carbons (Fsp3) is 0.316. The van der Waals surface area contributed by atoms with E-state index in [1.165, 1.54) is 5.56 Å². The van der Waals surface area contributed by atoms with Crippen LogP contribution in [-0.4, -0.2) is 11.1 Å². The van der Waals surface area contributed by atoms with Gasteiger partial charge < -0.3 is 9.84 Å². The number of benzene rings is 2. The highest BCUT2D eigenvalue weighted by Crippen LogP contribution is 2.31. The molecule has 0 unspecified atom stereocenters. The maximum atomic E-state index is 10.7. The third-order valence-electron chi connectivity index (χ3n) is 3.47. The van der Waals surface area contributed by atoms with Crippen molar-refractivity contribution in [2.45, 2.75) is 39.2 Å². The highest BCUT2D eigenvalue weighted by molar-refractivity contribution is 5.70. The van der Waals surface area contributed by atoms with Crippen molar-refractivity contribution in [2.24, 2.45) is 0 Å². The predicted molar refractivity (Wildman–Crippen MR) is 87.3 cm³/mol. The van der Waals surface area contributed by atoms with Crippen molar-refractivity contribution in [3.63, 3.8) is 0 Å². The highest BCUT2D eigenvalue weighted by Gasteiger charge is 2.18. The average Bonchev–Trinajstić information content (AvgIpc) is 2.45. The number of carbonyl (C=O) groups is 1. The first-order valence-corrected chi connectivity index (χ1v) is 7.38. The number of ether oxygens (including phenoxy) is 1. The number of carboxylic acids is 1. The quantitative estimate of drug-likeness (QED) is 0.900. The second-order valence-corrected chi connectivity index (χ2v) is 6.42. The van der Waals surface area contributed by atoms with E-state index in [4.69, 9.17) is 9.84 Å². The Bertz CT molecular complexity index is 636. The number of aliphatic carboxylic acids is 1. The zero-order chi connectivity index (χ0) is 16.2. The SMILES string of the molecule is CC(C)(C)c1ccccc1OCc1ccc(CC(=O)O)cc1. The molecule has 0 atom stereocenters. The van der Waals surface area contributed by atoms with Crippen molar-refractivity contribution in [1.82, 2.24) is 0 Å². The zero-order valence-electron chi connectivity index (χ0n) is 13.3. The topological polar surface area (TPSA) is 46.5 Å². The van der Waals surface area contributed by atoms with Crippen molar-refractivity contribution < 1.29 is 14.6 Å². The standard InChI is InChI=1S/C19H22O3/c1-19(2,3)16-6-4-5-7-17(16)22-13-15-10-8-14(9-11-15)12-18(20)21/h4-11H,12-13H2,1-3H3,(H,20,21). The van der Waals surface area contributed by atoms with Crippen LogP contribution in [0.2, 0.25) is 0 Å². The van der Waals surface area contributed by atoms with Crippen LogP contribution in [0.1, 0.15) is 37.5 Å². The van der Waals surface area contributed by atoms with Gasteiger partial charge in [0.15, 0.2) is 0 Å². The lowest BCUT2D eigenvalue weighted by Gasteiger charge is -2.22. The second-order valence-electron chi connectivity index (χ2n) is 6.42. The van der Waals surface area contributed by atoms with E-state index >= 15 is 0 Å². The van der Waals surface area contributed by atoms with Gasteiger partial charge in [-0.15, -0.1) is 0 Å². The van der Waals surface area contributed by atoms with Gasteiger partial charge in [0.25, 0.3) is 0 Å². The van der Waals surface area contributed by atoms with Crippen molar-refractivity contribution in [3.05, 3.63) is 65.2 Å². The lowest BCUT2D eigenvalue weighted by atomic mass is 9.86. The van der Waals surface area contributed by atoms with Gasteiger partial charge in [0, 0.05) is 0 Å². The Labute approximate surface area is 131 Å². The monoisotopic (exact) mass is 298 g/mol. The van der Waals surface area contributed by atoms with Gasteiger partial charge in [0.05, 0.1) is 6.42 Å². The Hall–Kier alpha value is -2.29. The highest BCUT2D eigenvalue weighted by atomic mass is 16.5. The minimum absolute atomic E-state index is 0.0297. The number of rotatable bonds is 5. The molecule has 2 rings (SSSR count). The lowest BCUT2D eigenvalue weighted by molar-refractivity contribution is -0.136. The van der Waals surface area contributed by atoms with Crippen LogP contribution >= 0.6 is 0 Å². The summed E-state index contributed by atoms with van der Waals surface area (Å²) in [6.07, 6.45) is 0.0496. The van der Waals surface area contributed by atoms with Crippen LogP contribution in [0.25, 0.3) is 0 Å². The van der Waals surface area contributed by atoms with E-state index in [0.29, 0.717) is 6.61 Å². The zero-order valence-corrected chi connectivity index (χ0v) is 13.3.